The Kier molecular flexibility index (Phi) is 6.31. The van der Waals surface area contributed by atoms with E-state index < -0.39 is 17.5 Å². The summed E-state index contributed by atoms with van der Waals surface area (Å²) < 4.78 is 9.71. The van der Waals surface area contributed by atoms with Gasteiger partial charge in [-0.05, 0) is 83.3 Å². The summed E-state index contributed by atoms with van der Waals surface area (Å²) in [7, 11) is 0. The molecule has 8 heteroatoms. The van der Waals surface area contributed by atoms with Gasteiger partial charge in [0.2, 0.25) is 0 Å². The van der Waals surface area contributed by atoms with E-state index in [9.17, 15) is 9.59 Å². The van der Waals surface area contributed by atoms with Crippen molar-refractivity contribution in [1.29, 1.82) is 0 Å². The number of benzene rings is 1. The van der Waals surface area contributed by atoms with E-state index >= 15 is 0 Å². The Morgan fingerprint density at radius 1 is 1.10 bits per heavy atom. The molecule has 3 rings (SSSR count). The van der Waals surface area contributed by atoms with Crippen LogP contribution >= 0.6 is 11.5 Å². The smallest absolute Gasteiger partial charge is 0.280 e. The predicted molar refractivity (Wildman–Crippen MR) is 121 cm³/mol. The van der Waals surface area contributed by atoms with Gasteiger partial charge in [0, 0.05) is 10.9 Å². The molecule has 0 saturated carbocycles. The van der Waals surface area contributed by atoms with Crippen LogP contribution in [0.2, 0.25) is 0 Å². The van der Waals surface area contributed by atoms with Gasteiger partial charge in [0.05, 0.1) is 5.69 Å². The minimum Gasteiger partial charge on any atom is -0.464 e. The Balaban J connectivity index is 2.25. The third-order valence-corrected chi connectivity index (χ3v) is 5.21. The Morgan fingerprint density at radius 3 is 2.23 bits per heavy atom. The second-order valence-corrected chi connectivity index (χ2v) is 9.41. The first-order chi connectivity index (χ1) is 14.5. The standard InChI is InChI=1S/C23H28N4O3S/c1-13-10-14(2)19(15(3)11-13)27(22(29)17-12-31-26-25-17)20(18-9-8-16(4)30-18)21(28)24-23(5,6)7/h8-12,20H,1-7H3,(H,24,28)/t20-/m1/s1. The quantitative estimate of drug-likeness (QED) is 0.623. The van der Waals surface area contributed by atoms with Crippen LogP contribution in [0.3, 0.4) is 0 Å². The van der Waals surface area contributed by atoms with Crippen LogP contribution in [-0.4, -0.2) is 26.9 Å². The van der Waals surface area contributed by atoms with Crippen LogP contribution in [0.5, 0.6) is 0 Å². The predicted octanol–water partition coefficient (Wildman–Crippen LogP) is 4.67. The molecule has 0 aliphatic heterocycles. The molecule has 31 heavy (non-hydrogen) atoms. The molecule has 0 spiro atoms. The summed E-state index contributed by atoms with van der Waals surface area (Å²) in [5.74, 6) is 0.295. The first-order valence-corrected chi connectivity index (χ1v) is 10.9. The van der Waals surface area contributed by atoms with Gasteiger partial charge < -0.3 is 9.73 Å². The number of amides is 2. The monoisotopic (exact) mass is 440 g/mol. The lowest BCUT2D eigenvalue weighted by Gasteiger charge is -2.33. The van der Waals surface area contributed by atoms with Crippen molar-refractivity contribution in [3.63, 3.8) is 0 Å². The lowest BCUT2D eigenvalue weighted by molar-refractivity contribution is -0.124. The molecular weight excluding hydrogens is 412 g/mol. The number of carbonyl (C=O) groups is 2. The molecule has 2 aromatic heterocycles. The summed E-state index contributed by atoms with van der Waals surface area (Å²) >= 11 is 1.09. The summed E-state index contributed by atoms with van der Waals surface area (Å²) in [6.45, 7) is 13.4. The van der Waals surface area contributed by atoms with E-state index in [-0.39, 0.29) is 11.6 Å². The number of nitrogens with zero attached hydrogens (tertiary/aromatic N) is 3. The molecule has 0 bridgehead atoms. The maximum absolute atomic E-state index is 13.7. The van der Waals surface area contributed by atoms with Crippen molar-refractivity contribution in [2.45, 2.75) is 60.0 Å². The maximum atomic E-state index is 13.7. The molecule has 0 radical (unpaired) electrons. The summed E-state index contributed by atoms with van der Waals surface area (Å²) in [4.78, 5) is 28.7. The van der Waals surface area contributed by atoms with Crippen LogP contribution in [0.4, 0.5) is 5.69 Å². The summed E-state index contributed by atoms with van der Waals surface area (Å²) in [5.41, 5.74) is 3.18. The number of aryl methyl sites for hydroxylation is 4. The van der Waals surface area contributed by atoms with Gasteiger partial charge in [-0.1, -0.05) is 22.2 Å². The average molecular weight is 441 g/mol. The number of hydrogen-bond acceptors (Lipinski definition) is 6. The molecule has 0 fully saturated rings. The first-order valence-electron chi connectivity index (χ1n) is 10.0. The second-order valence-electron chi connectivity index (χ2n) is 8.80. The molecule has 0 unspecified atom stereocenters. The van der Waals surface area contributed by atoms with Crippen molar-refractivity contribution in [2.75, 3.05) is 4.90 Å². The Bertz CT molecular complexity index is 1070. The molecule has 1 aromatic carbocycles. The zero-order valence-corrected chi connectivity index (χ0v) is 19.8. The van der Waals surface area contributed by atoms with Crippen molar-refractivity contribution in [1.82, 2.24) is 14.9 Å². The van der Waals surface area contributed by atoms with Gasteiger partial charge in [0.25, 0.3) is 11.8 Å². The van der Waals surface area contributed by atoms with Gasteiger partial charge in [0.15, 0.2) is 11.7 Å². The Labute approximate surface area is 186 Å². The van der Waals surface area contributed by atoms with E-state index in [0.29, 0.717) is 17.2 Å². The van der Waals surface area contributed by atoms with Crippen LogP contribution in [-0.2, 0) is 4.79 Å². The fourth-order valence-electron chi connectivity index (χ4n) is 3.69. The van der Waals surface area contributed by atoms with Gasteiger partial charge in [-0.25, -0.2) is 0 Å². The van der Waals surface area contributed by atoms with Crippen LogP contribution in [0.25, 0.3) is 0 Å². The third kappa shape index (κ3) is 5.02. The minimum atomic E-state index is -1.01. The van der Waals surface area contributed by atoms with E-state index in [4.69, 9.17) is 4.42 Å². The molecule has 3 aromatic rings. The van der Waals surface area contributed by atoms with Gasteiger partial charge in [-0.15, -0.1) is 5.10 Å². The van der Waals surface area contributed by atoms with Crippen molar-refractivity contribution in [2.24, 2.45) is 0 Å². The lowest BCUT2D eigenvalue weighted by Crippen LogP contribution is -2.49. The van der Waals surface area contributed by atoms with E-state index in [0.717, 1.165) is 28.2 Å². The van der Waals surface area contributed by atoms with Gasteiger partial charge >= 0.3 is 0 Å². The van der Waals surface area contributed by atoms with E-state index in [2.05, 4.69) is 14.9 Å². The number of hydrogen-bond donors (Lipinski definition) is 1. The molecule has 164 valence electrons. The zero-order valence-electron chi connectivity index (χ0n) is 18.9. The molecule has 1 N–H and O–H groups in total. The number of carbonyl (C=O) groups excluding carboxylic acids is 2. The number of furan rings is 1. The SMILES string of the molecule is Cc1cc(C)c(N(C(=O)c2csnn2)[C@@H](C(=O)NC(C)(C)C)c2ccc(C)o2)c(C)c1. The highest BCUT2D eigenvalue weighted by Gasteiger charge is 2.39. The minimum absolute atomic E-state index is 0.182. The van der Waals surface area contributed by atoms with Crippen molar-refractivity contribution in [3.8, 4) is 0 Å². The fourth-order valence-corrected chi connectivity index (χ4v) is 4.12. The Morgan fingerprint density at radius 2 is 1.74 bits per heavy atom. The molecule has 1 atom stereocenters. The molecule has 0 saturated heterocycles. The summed E-state index contributed by atoms with van der Waals surface area (Å²) in [6, 6.07) is 6.50. The van der Waals surface area contributed by atoms with Crippen LogP contribution < -0.4 is 10.2 Å². The third-order valence-electron chi connectivity index (χ3n) is 4.71. The van der Waals surface area contributed by atoms with Gasteiger partial charge in [-0.3, -0.25) is 14.5 Å². The molecule has 0 aliphatic carbocycles. The number of rotatable bonds is 5. The van der Waals surface area contributed by atoms with Crippen molar-refractivity contribution < 1.29 is 14.0 Å². The Hall–Kier alpha value is -3.00. The highest BCUT2D eigenvalue weighted by atomic mass is 32.1. The van der Waals surface area contributed by atoms with Gasteiger partial charge in [0.1, 0.15) is 11.5 Å². The topological polar surface area (TPSA) is 88.3 Å². The average Bonchev–Trinajstić information content (AvgIpc) is 3.30. The largest absolute Gasteiger partial charge is 0.464 e. The highest BCUT2D eigenvalue weighted by Crippen LogP contribution is 2.36. The lowest BCUT2D eigenvalue weighted by atomic mass is 10.00. The molecule has 0 aliphatic rings. The van der Waals surface area contributed by atoms with Crippen LogP contribution in [0, 0.1) is 27.7 Å². The fraction of sp³-hybridized carbons (Fsp3) is 0.391. The van der Waals surface area contributed by atoms with Crippen LogP contribution in [0.15, 0.2) is 34.1 Å². The van der Waals surface area contributed by atoms with Crippen molar-refractivity contribution >= 4 is 29.0 Å². The van der Waals surface area contributed by atoms with E-state index in [1.807, 2.05) is 53.7 Å². The first kappa shape index (κ1) is 22.7. The highest BCUT2D eigenvalue weighted by molar-refractivity contribution is 7.03. The summed E-state index contributed by atoms with van der Waals surface area (Å²) in [5, 5.41) is 8.55. The molecule has 7 nitrogen and oxygen atoms in total. The zero-order chi connectivity index (χ0) is 22.9. The van der Waals surface area contributed by atoms with Gasteiger partial charge in [-0.2, -0.15) is 0 Å². The van der Waals surface area contributed by atoms with Crippen molar-refractivity contribution in [3.05, 3.63) is 63.6 Å². The van der Waals surface area contributed by atoms with Crippen LogP contribution in [0.1, 0.15) is 65.5 Å². The number of nitrogens with one attached hydrogen (secondary N) is 1. The second kappa shape index (κ2) is 8.63. The number of anilines is 1. The maximum Gasteiger partial charge on any atom is 0.280 e. The van der Waals surface area contributed by atoms with E-state index in [1.165, 1.54) is 4.90 Å². The van der Waals surface area contributed by atoms with E-state index in [1.54, 1.807) is 24.4 Å². The normalized spacial score (nSPS) is 12.5. The molecular formula is C23H28N4O3S. The number of aromatic nitrogens is 2. The molecule has 2 heterocycles. The summed E-state index contributed by atoms with van der Waals surface area (Å²) in [6.07, 6.45) is 0. The molecule has 2 amide bonds.